The number of carbonyl (C=O) groups excluding carboxylic acids is 1. The lowest BCUT2D eigenvalue weighted by Gasteiger charge is -2.24. The van der Waals surface area contributed by atoms with E-state index in [1.807, 2.05) is 33.3 Å². The molecule has 0 saturated heterocycles. The molecule has 0 aromatic heterocycles. The highest BCUT2D eigenvalue weighted by molar-refractivity contribution is 7.47. The van der Waals surface area contributed by atoms with Gasteiger partial charge in [0.05, 0.1) is 34.4 Å². The zero-order valence-electron chi connectivity index (χ0n) is 36.1. The summed E-state index contributed by atoms with van der Waals surface area (Å²) >= 11 is 0. The molecule has 2 unspecified atom stereocenters. The van der Waals surface area contributed by atoms with Gasteiger partial charge >= 0.3 is 13.8 Å². The molecule has 0 heterocycles. The Morgan fingerprint density at radius 1 is 0.571 bits per heavy atom. The maximum absolute atomic E-state index is 12.7. The average Bonchev–Trinajstić information content (AvgIpc) is 3.15. The summed E-state index contributed by atoms with van der Waals surface area (Å²) in [5.74, 6) is -0.404. The molecule has 1 N–H and O–H groups in total. The summed E-state index contributed by atoms with van der Waals surface area (Å²) < 4.78 is 34.9. The van der Waals surface area contributed by atoms with Gasteiger partial charge in [-0.25, -0.2) is 4.57 Å². The van der Waals surface area contributed by atoms with Crippen molar-refractivity contribution in [1.82, 2.24) is 0 Å². The first-order chi connectivity index (χ1) is 27.1. The minimum atomic E-state index is -4.30. The van der Waals surface area contributed by atoms with E-state index in [2.05, 4.69) is 98.9 Å². The van der Waals surface area contributed by atoms with Crippen LogP contribution >= 0.6 is 7.82 Å². The molecule has 0 saturated carbocycles. The fraction of sp³-hybridized carbons (Fsp3) is 0.638. The Labute approximate surface area is 343 Å². The Morgan fingerprint density at radius 2 is 1.04 bits per heavy atom. The topological polar surface area (TPSA) is 91.3 Å². The number of ether oxygens (including phenoxy) is 2. The van der Waals surface area contributed by atoms with Gasteiger partial charge in [0.25, 0.3) is 0 Å². The van der Waals surface area contributed by atoms with Crippen LogP contribution in [0.3, 0.4) is 0 Å². The molecule has 56 heavy (non-hydrogen) atoms. The van der Waals surface area contributed by atoms with Gasteiger partial charge in [0.2, 0.25) is 0 Å². The molecule has 8 nitrogen and oxygen atoms in total. The molecule has 9 heteroatoms. The molecule has 0 aliphatic carbocycles. The molecule has 0 aliphatic heterocycles. The highest BCUT2D eigenvalue weighted by Crippen LogP contribution is 2.43. The summed E-state index contributed by atoms with van der Waals surface area (Å²) in [6.45, 7) is 5.30. The summed E-state index contributed by atoms with van der Waals surface area (Å²) in [5.41, 5.74) is 0. The number of esters is 1. The lowest BCUT2D eigenvalue weighted by atomic mass is 10.1. The highest BCUT2D eigenvalue weighted by atomic mass is 31.2. The lowest BCUT2D eigenvalue weighted by molar-refractivity contribution is -0.870. The van der Waals surface area contributed by atoms with Crippen LogP contribution in [0.5, 0.6) is 0 Å². The number of phosphoric ester groups is 1. The van der Waals surface area contributed by atoms with Crippen molar-refractivity contribution in [2.75, 3.05) is 54.1 Å². The van der Waals surface area contributed by atoms with Crippen LogP contribution < -0.4 is 0 Å². The standard InChI is InChI=1S/C47H80NO7P/c1-6-8-10-12-14-16-18-20-22-23-24-25-26-28-30-32-34-36-38-40-47(49)55-46(45-54-56(50,51)53-43-41-48(3,4)5)44-52-42-39-37-35-33-31-29-27-21-19-17-15-13-11-9-7-2/h8,10,13-16,19-22,24-25,28,30,34,36,46H,6-7,9,11-12,17-18,23,26-27,29,31-33,35,37-45H2,1-5H3/p+1/b10-8-,15-13-,16-14-,21-19-,22-20-,25-24-,30-28-,36-34-. The fourth-order valence-corrected chi connectivity index (χ4v) is 5.80. The Bertz CT molecular complexity index is 1210. The quantitative estimate of drug-likeness (QED) is 0.0218. The fourth-order valence-electron chi connectivity index (χ4n) is 5.06. The number of quaternary nitrogens is 1. The molecule has 0 amide bonds. The second-order valence-corrected chi connectivity index (χ2v) is 16.4. The third-order valence-corrected chi connectivity index (χ3v) is 9.38. The summed E-state index contributed by atoms with van der Waals surface area (Å²) in [6.07, 6.45) is 53.1. The number of rotatable bonds is 38. The monoisotopic (exact) mass is 803 g/mol. The molecular weight excluding hydrogens is 721 g/mol. The number of likely N-dealkylation sites (N-methyl/N-ethyl adjacent to an activating group) is 1. The van der Waals surface area contributed by atoms with E-state index in [9.17, 15) is 14.3 Å². The number of unbranched alkanes of at least 4 members (excludes halogenated alkanes) is 8. The second-order valence-electron chi connectivity index (χ2n) is 15.0. The van der Waals surface area contributed by atoms with Crippen molar-refractivity contribution in [3.8, 4) is 0 Å². The average molecular weight is 803 g/mol. The minimum absolute atomic E-state index is 0.0671. The van der Waals surface area contributed by atoms with Crippen LogP contribution in [0.15, 0.2) is 97.2 Å². The molecule has 0 aromatic carbocycles. The SMILES string of the molecule is CC/C=C\C/C=C\C/C=C\C/C=C\C/C=C\C/C=C\CCC(=O)OC(COCCCCCCCC/C=C\C/C=C\CCCC)COP(=O)(O)OCC[N+](C)(C)C. The van der Waals surface area contributed by atoms with Crippen LogP contribution in [-0.4, -0.2) is 75.6 Å². The van der Waals surface area contributed by atoms with Crippen molar-refractivity contribution in [3.63, 3.8) is 0 Å². The number of allylic oxidation sites excluding steroid dienone is 16. The third-order valence-electron chi connectivity index (χ3n) is 8.39. The Balaban J connectivity index is 4.43. The Kier molecular flexibility index (Phi) is 37.4. The molecule has 0 radical (unpaired) electrons. The molecule has 0 fully saturated rings. The van der Waals surface area contributed by atoms with Crippen molar-refractivity contribution in [3.05, 3.63) is 97.2 Å². The van der Waals surface area contributed by atoms with Crippen LogP contribution in [0.4, 0.5) is 0 Å². The van der Waals surface area contributed by atoms with Gasteiger partial charge in [-0.1, -0.05) is 150 Å². The number of phosphoric acid groups is 1. The lowest BCUT2D eigenvalue weighted by Crippen LogP contribution is -2.37. The number of carbonyl (C=O) groups is 1. The molecule has 0 spiro atoms. The Hall–Kier alpha value is -2.58. The second kappa shape index (κ2) is 39.3. The maximum atomic E-state index is 12.7. The minimum Gasteiger partial charge on any atom is -0.457 e. The van der Waals surface area contributed by atoms with E-state index in [0.29, 0.717) is 24.1 Å². The van der Waals surface area contributed by atoms with Crippen LogP contribution in [0.2, 0.25) is 0 Å². The van der Waals surface area contributed by atoms with Gasteiger partial charge in [0.15, 0.2) is 0 Å². The van der Waals surface area contributed by atoms with E-state index in [-0.39, 0.29) is 26.2 Å². The van der Waals surface area contributed by atoms with Gasteiger partial charge in [-0.15, -0.1) is 0 Å². The van der Waals surface area contributed by atoms with Crippen molar-refractivity contribution >= 4 is 13.8 Å². The van der Waals surface area contributed by atoms with E-state index in [0.717, 1.165) is 70.6 Å². The van der Waals surface area contributed by atoms with E-state index >= 15 is 0 Å². The first-order valence-corrected chi connectivity index (χ1v) is 23.0. The zero-order valence-corrected chi connectivity index (χ0v) is 37.0. The van der Waals surface area contributed by atoms with Gasteiger partial charge in [-0.05, 0) is 77.0 Å². The molecule has 0 aromatic rings. The predicted octanol–water partition coefficient (Wildman–Crippen LogP) is 12.7. The number of nitrogens with zero attached hydrogens (tertiary/aromatic N) is 1. The molecule has 320 valence electrons. The van der Waals surface area contributed by atoms with Crippen LogP contribution in [0.25, 0.3) is 0 Å². The highest BCUT2D eigenvalue weighted by Gasteiger charge is 2.26. The van der Waals surface area contributed by atoms with Crippen molar-refractivity contribution in [2.45, 2.75) is 142 Å². The van der Waals surface area contributed by atoms with Crippen LogP contribution in [-0.2, 0) is 27.9 Å². The molecule has 0 rings (SSSR count). The maximum Gasteiger partial charge on any atom is 0.472 e. The predicted molar refractivity (Wildman–Crippen MR) is 238 cm³/mol. The summed E-state index contributed by atoms with van der Waals surface area (Å²) in [7, 11) is 1.60. The third kappa shape index (κ3) is 42.6. The van der Waals surface area contributed by atoms with Gasteiger partial charge < -0.3 is 18.9 Å². The van der Waals surface area contributed by atoms with Gasteiger partial charge in [-0.3, -0.25) is 13.8 Å². The van der Waals surface area contributed by atoms with Crippen LogP contribution in [0, 0.1) is 0 Å². The zero-order chi connectivity index (χ0) is 41.3. The Morgan fingerprint density at radius 3 is 1.55 bits per heavy atom. The van der Waals surface area contributed by atoms with Gasteiger partial charge in [0.1, 0.15) is 19.3 Å². The smallest absolute Gasteiger partial charge is 0.457 e. The normalized spacial score (nSPS) is 14.8. The van der Waals surface area contributed by atoms with E-state index in [4.69, 9.17) is 18.5 Å². The van der Waals surface area contributed by atoms with Crippen molar-refractivity contribution < 1.29 is 37.3 Å². The van der Waals surface area contributed by atoms with E-state index in [1.165, 1.54) is 38.5 Å². The molecule has 0 aliphatic rings. The van der Waals surface area contributed by atoms with E-state index in [1.54, 1.807) is 0 Å². The van der Waals surface area contributed by atoms with Crippen molar-refractivity contribution in [2.24, 2.45) is 0 Å². The first kappa shape index (κ1) is 53.4. The first-order valence-electron chi connectivity index (χ1n) is 21.5. The van der Waals surface area contributed by atoms with Crippen molar-refractivity contribution in [1.29, 1.82) is 0 Å². The number of hydrogen-bond donors (Lipinski definition) is 1. The molecular formula is C47H81NO7P+. The summed E-state index contributed by atoms with van der Waals surface area (Å²) in [5, 5.41) is 0. The summed E-state index contributed by atoms with van der Waals surface area (Å²) in [6, 6.07) is 0. The largest absolute Gasteiger partial charge is 0.472 e. The van der Waals surface area contributed by atoms with Gasteiger partial charge in [-0.2, -0.15) is 0 Å². The van der Waals surface area contributed by atoms with Gasteiger partial charge in [0, 0.05) is 13.0 Å². The summed E-state index contributed by atoms with van der Waals surface area (Å²) in [4.78, 5) is 22.8. The molecule has 2 atom stereocenters. The van der Waals surface area contributed by atoms with E-state index < -0.39 is 19.9 Å². The molecule has 0 bridgehead atoms. The number of hydrogen-bond acceptors (Lipinski definition) is 6. The van der Waals surface area contributed by atoms with Crippen LogP contribution in [0.1, 0.15) is 136 Å².